The van der Waals surface area contributed by atoms with Crippen LogP contribution in [0.3, 0.4) is 0 Å². The number of aromatic nitrogens is 2. The summed E-state index contributed by atoms with van der Waals surface area (Å²) in [7, 11) is 2.90. The Hall–Kier alpha value is -2.37. The van der Waals surface area contributed by atoms with Gasteiger partial charge < -0.3 is 24.3 Å². The van der Waals surface area contributed by atoms with Crippen molar-refractivity contribution in [3.05, 3.63) is 52.3 Å². The number of halogens is 2. The van der Waals surface area contributed by atoms with Gasteiger partial charge in [-0.25, -0.2) is 9.37 Å². The molecule has 2 rings (SSSR count). The van der Waals surface area contributed by atoms with Crippen LogP contribution in [0.2, 0.25) is 5.02 Å². The molecule has 0 aliphatic carbocycles. The van der Waals surface area contributed by atoms with E-state index in [0.717, 1.165) is 6.08 Å². The van der Waals surface area contributed by atoms with E-state index in [1.807, 2.05) is 0 Å². The van der Waals surface area contributed by atoms with Gasteiger partial charge in [0.05, 0.1) is 30.9 Å². The highest BCUT2D eigenvalue weighted by atomic mass is 35.5. The Kier molecular flexibility index (Phi) is 7.82. The van der Waals surface area contributed by atoms with Crippen molar-refractivity contribution in [2.24, 2.45) is 0 Å². The molecule has 144 valence electrons. The number of pyridine rings is 1. The van der Waals surface area contributed by atoms with Crippen molar-refractivity contribution in [1.82, 2.24) is 9.97 Å². The maximum atomic E-state index is 14.7. The van der Waals surface area contributed by atoms with Crippen LogP contribution >= 0.6 is 11.6 Å². The molecule has 0 bridgehead atoms. The number of hydrogen-bond donors (Lipinski definition) is 2. The highest BCUT2D eigenvalue weighted by Crippen LogP contribution is 2.35. The zero-order valence-corrected chi connectivity index (χ0v) is 15.7. The van der Waals surface area contributed by atoms with Gasteiger partial charge in [-0.1, -0.05) is 17.5 Å². The molecule has 1 unspecified atom stereocenters. The summed E-state index contributed by atoms with van der Waals surface area (Å²) in [5.41, 5.74) is 0.750. The lowest BCUT2D eigenvalue weighted by Crippen LogP contribution is -2.12. The first kappa shape index (κ1) is 20.9. The Morgan fingerprint density at radius 1 is 1.48 bits per heavy atom. The number of aromatic amines is 1. The zero-order valence-electron chi connectivity index (χ0n) is 15.0. The number of rotatable bonds is 9. The van der Waals surface area contributed by atoms with E-state index >= 15 is 0 Å². The molecule has 0 radical (unpaired) electrons. The van der Waals surface area contributed by atoms with Crippen molar-refractivity contribution in [1.29, 1.82) is 0 Å². The summed E-state index contributed by atoms with van der Waals surface area (Å²) < 4.78 is 30.3. The smallest absolute Gasteiger partial charge is 0.141 e. The number of allylic oxidation sites excluding steroid dienone is 1. The van der Waals surface area contributed by atoms with Gasteiger partial charge in [-0.15, -0.1) is 6.42 Å². The molecule has 2 aromatic rings. The third kappa shape index (κ3) is 5.08. The topological polar surface area (TPSA) is 76.6 Å². The molecule has 2 heterocycles. The van der Waals surface area contributed by atoms with Crippen LogP contribution in [-0.4, -0.2) is 49.1 Å². The first-order chi connectivity index (χ1) is 13.0. The minimum atomic E-state index is -1.38. The van der Waals surface area contributed by atoms with Gasteiger partial charge in [0.25, 0.3) is 0 Å². The summed E-state index contributed by atoms with van der Waals surface area (Å²) in [6.07, 6.45) is 7.71. The van der Waals surface area contributed by atoms with Crippen molar-refractivity contribution < 1.29 is 23.7 Å². The van der Waals surface area contributed by atoms with Crippen molar-refractivity contribution in [3.63, 3.8) is 0 Å². The van der Waals surface area contributed by atoms with Crippen LogP contribution in [0.15, 0.2) is 41.7 Å². The fourth-order valence-electron chi connectivity index (χ4n) is 2.50. The van der Waals surface area contributed by atoms with Crippen LogP contribution in [0, 0.1) is 12.3 Å². The van der Waals surface area contributed by atoms with Gasteiger partial charge in [0, 0.05) is 36.5 Å². The molecule has 0 spiro atoms. The minimum absolute atomic E-state index is 0.0700. The normalized spacial score (nSPS) is 14.0. The van der Waals surface area contributed by atoms with E-state index in [2.05, 4.69) is 15.9 Å². The fraction of sp³-hybridized carbons (Fsp3) is 0.316. The summed E-state index contributed by atoms with van der Waals surface area (Å²) in [6.45, 7) is 0.573. The predicted octanol–water partition coefficient (Wildman–Crippen LogP) is 3.30. The minimum Gasteiger partial charge on any atom is -0.498 e. The molecule has 0 amide bonds. The summed E-state index contributed by atoms with van der Waals surface area (Å²) in [5, 5.41) is 11.8. The molecule has 2 aromatic heterocycles. The van der Waals surface area contributed by atoms with Crippen LogP contribution in [-0.2, 0) is 14.2 Å². The predicted molar refractivity (Wildman–Crippen MR) is 101 cm³/mol. The number of H-pyrrole nitrogens is 1. The van der Waals surface area contributed by atoms with Crippen LogP contribution in [0.4, 0.5) is 4.39 Å². The molecule has 0 aliphatic rings. The molecule has 0 aromatic carbocycles. The van der Waals surface area contributed by atoms with Crippen LogP contribution < -0.4 is 0 Å². The second-order valence-corrected chi connectivity index (χ2v) is 5.88. The van der Waals surface area contributed by atoms with E-state index in [1.54, 1.807) is 6.07 Å². The first-order valence-corrected chi connectivity index (χ1v) is 8.37. The first-order valence-electron chi connectivity index (χ1n) is 7.99. The second-order valence-electron chi connectivity index (χ2n) is 5.44. The number of hydrogen-bond acceptors (Lipinski definition) is 5. The van der Waals surface area contributed by atoms with Gasteiger partial charge in [-0.3, -0.25) is 0 Å². The third-order valence-corrected chi connectivity index (χ3v) is 3.98. The second kappa shape index (κ2) is 10.1. The number of aliphatic hydroxyl groups is 1. The maximum Gasteiger partial charge on any atom is 0.141 e. The fourth-order valence-corrected chi connectivity index (χ4v) is 2.66. The van der Waals surface area contributed by atoms with Gasteiger partial charge in [-0.2, -0.15) is 0 Å². The van der Waals surface area contributed by atoms with Crippen molar-refractivity contribution >= 4 is 22.6 Å². The lowest BCUT2D eigenvalue weighted by atomic mass is 9.99. The Labute approximate surface area is 161 Å². The van der Waals surface area contributed by atoms with Gasteiger partial charge in [0.15, 0.2) is 0 Å². The largest absolute Gasteiger partial charge is 0.498 e. The zero-order chi connectivity index (χ0) is 19.8. The van der Waals surface area contributed by atoms with Crippen molar-refractivity contribution in [2.45, 2.75) is 6.10 Å². The number of nitrogens with zero attached hydrogens (tertiary/aromatic N) is 1. The molecule has 27 heavy (non-hydrogen) atoms. The van der Waals surface area contributed by atoms with E-state index in [0.29, 0.717) is 28.2 Å². The number of ether oxygens (including phenoxy) is 3. The van der Waals surface area contributed by atoms with Crippen molar-refractivity contribution in [2.75, 3.05) is 34.0 Å². The highest BCUT2D eigenvalue weighted by Gasteiger charge is 2.26. The van der Waals surface area contributed by atoms with E-state index in [1.165, 1.54) is 26.6 Å². The van der Waals surface area contributed by atoms with Gasteiger partial charge in [0.2, 0.25) is 0 Å². The number of terminal acetylenes is 1. The Balaban J connectivity index is 2.48. The SMILES string of the molecule is C#C/C=C(F)\C(=C(/COCCOC)OC)C(O)c1c[nH]c2ncc(Cl)cc12. The van der Waals surface area contributed by atoms with Crippen molar-refractivity contribution in [3.8, 4) is 12.3 Å². The van der Waals surface area contributed by atoms with Gasteiger partial charge >= 0.3 is 0 Å². The molecule has 8 heteroatoms. The third-order valence-electron chi connectivity index (χ3n) is 3.78. The van der Waals surface area contributed by atoms with E-state index in [4.69, 9.17) is 32.2 Å². The Morgan fingerprint density at radius 3 is 2.93 bits per heavy atom. The lowest BCUT2D eigenvalue weighted by Gasteiger charge is -2.18. The molecule has 0 saturated heterocycles. The monoisotopic (exact) mass is 394 g/mol. The highest BCUT2D eigenvalue weighted by molar-refractivity contribution is 6.31. The van der Waals surface area contributed by atoms with Gasteiger partial charge in [-0.05, 0) is 6.07 Å². The molecular weight excluding hydrogens is 375 g/mol. The number of fused-ring (bicyclic) bond motifs is 1. The molecule has 0 saturated carbocycles. The molecule has 6 nitrogen and oxygen atoms in total. The van der Waals surface area contributed by atoms with E-state index in [9.17, 15) is 9.50 Å². The molecule has 0 fully saturated rings. The molecule has 0 aliphatic heterocycles. The van der Waals surface area contributed by atoms with E-state index < -0.39 is 11.9 Å². The number of methoxy groups -OCH3 is 2. The number of aliphatic hydroxyl groups excluding tert-OH is 1. The van der Waals surface area contributed by atoms with Gasteiger partial charge in [0.1, 0.15) is 29.9 Å². The average molecular weight is 395 g/mol. The van der Waals surface area contributed by atoms with Crippen LogP contribution in [0.25, 0.3) is 11.0 Å². The molecular formula is C19H20ClFN2O4. The quantitative estimate of drug-likeness (QED) is 0.295. The summed E-state index contributed by atoms with van der Waals surface area (Å²) >= 11 is 5.99. The van der Waals surface area contributed by atoms with Crippen LogP contribution in [0.5, 0.6) is 0 Å². The maximum absolute atomic E-state index is 14.7. The number of nitrogens with one attached hydrogen (secondary N) is 1. The average Bonchev–Trinajstić information content (AvgIpc) is 3.07. The Bertz CT molecular complexity index is 885. The summed E-state index contributed by atoms with van der Waals surface area (Å²) in [5.74, 6) is 1.41. The lowest BCUT2D eigenvalue weighted by molar-refractivity contribution is 0.0611. The molecule has 2 N–H and O–H groups in total. The Morgan fingerprint density at radius 2 is 2.26 bits per heavy atom. The van der Waals surface area contributed by atoms with Crippen LogP contribution in [0.1, 0.15) is 11.7 Å². The summed E-state index contributed by atoms with van der Waals surface area (Å²) in [6, 6.07) is 1.63. The summed E-state index contributed by atoms with van der Waals surface area (Å²) in [4.78, 5) is 7.05. The molecule has 1 atom stereocenters. The standard InChI is InChI=1S/C19H20ClFN2O4/c1-4-5-15(21)17(16(26-3)11-27-7-6-25-2)18(24)14-10-23-19-13(14)8-12(20)9-22-19/h1,5,8-10,18,24H,6-7,11H2,2-3H3,(H,22,23)/b15-5+,17-16-. The van der Waals surface area contributed by atoms with E-state index in [-0.39, 0.29) is 24.5 Å².